The second-order valence-electron chi connectivity index (χ2n) is 8.84. The third-order valence-electron chi connectivity index (χ3n) is 5.90. The fourth-order valence-corrected chi connectivity index (χ4v) is 3.47. The van der Waals surface area contributed by atoms with Crippen molar-refractivity contribution in [1.82, 2.24) is 0 Å². The molecular formula is C32H44F2O2. The molecule has 2 nitrogen and oxygen atoms in total. The third-order valence-corrected chi connectivity index (χ3v) is 5.90. The SMILES string of the molecule is C=C/C(c1ccc(C)c(CCC(C)=O)c1)=c1/cc(C(C)=O)ccc1=C(C)C.CC.CCC(F)(F)CC. The number of benzene rings is 2. The Morgan fingerprint density at radius 1 is 0.889 bits per heavy atom. The molecule has 0 aliphatic heterocycles. The van der Waals surface area contributed by atoms with Crippen LogP contribution >= 0.6 is 0 Å². The number of Topliss-reactive ketones (excluding diaryl/α,β-unsaturated/α-hetero) is 2. The van der Waals surface area contributed by atoms with E-state index < -0.39 is 5.92 Å². The molecule has 0 aromatic heterocycles. The average Bonchev–Trinajstić information content (AvgIpc) is 2.85. The first kappa shape index (κ1) is 33.1. The summed E-state index contributed by atoms with van der Waals surface area (Å²) in [6.45, 7) is 20.4. The number of hydrogen-bond donors (Lipinski definition) is 0. The average molecular weight is 499 g/mol. The van der Waals surface area contributed by atoms with Gasteiger partial charge < -0.3 is 4.79 Å². The minimum Gasteiger partial charge on any atom is -0.300 e. The first-order chi connectivity index (χ1) is 16.9. The summed E-state index contributed by atoms with van der Waals surface area (Å²) in [4.78, 5) is 23.3. The maximum absolute atomic E-state index is 11.9. The molecular weight excluding hydrogens is 454 g/mol. The smallest absolute Gasteiger partial charge is 0.247 e. The number of alkyl halides is 2. The van der Waals surface area contributed by atoms with Gasteiger partial charge in [0.05, 0.1) is 0 Å². The molecule has 0 atom stereocenters. The van der Waals surface area contributed by atoms with Crippen molar-refractivity contribution in [2.75, 3.05) is 0 Å². The minimum atomic E-state index is -2.42. The fourth-order valence-electron chi connectivity index (χ4n) is 3.47. The normalized spacial score (nSPS) is 11.3. The van der Waals surface area contributed by atoms with Crippen molar-refractivity contribution in [2.45, 2.75) is 93.9 Å². The van der Waals surface area contributed by atoms with E-state index in [0.29, 0.717) is 12.0 Å². The Morgan fingerprint density at radius 2 is 1.44 bits per heavy atom. The molecule has 4 heteroatoms. The molecule has 0 saturated carbocycles. The zero-order chi connectivity index (χ0) is 28.1. The molecule has 0 radical (unpaired) electrons. The van der Waals surface area contributed by atoms with E-state index in [0.717, 1.165) is 28.0 Å². The highest BCUT2D eigenvalue weighted by molar-refractivity contribution is 5.94. The number of halogens is 2. The maximum Gasteiger partial charge on any atom is 0.247 e. The quantitative estimate of drug-likeness (QED) is 0.349. The van der Waals surface area contributed by atoms with Crippen LogP contribution in [0.2, 0.25) is 0 Å². The summed E-state index contributed by atoms with van der Waals surface area (Å²) >= 11 is 0. The summed E-state index contributed by atoms with van der Waals surface area (Å²) in [5, 5.41) is 2.12. The van der Waals surface area contributed by atoms with E-state index >= 15 is 0 Å². The molecule has 0 aliphatic carbocycles. The van der Waals surface area contributed by atoms with Gasteiger partial charge in [-0.2, -0.15) is 0 Å². The van der Waals surface area contributed by atoms with Gasteiger partial charge in [-0.05, 0) is 79.8 Å². The van der Waals surface area contributed by atoms with Gasteiger partial charge in [0, 0.05) is 24.8 Å². The minimum absolute atomic E-state index is 0.0382. The lowest BCUT2D eigenvalue weighted by molar-refractivity contribution is -0.116. The van der Waals surface area contributed by atoms with Crippen molar-refractivity contribution < 1.29 is 18.4 Å². The number of allylic oxidation sites excluding steroid dienone is 1. The summed E-state index contributed by atoms with van der Waals surface area (Å²) in [5.41, 5.74) is 6.28. The van der Waals surface area contributed by atoms with Crippen LogP contribution in [0.5, 0.6) is 0 Å². The number of aryl methyl sites for hydroxylation is 2. The van der Waals surface area contributed by atoms with Crippen LogP contribution in [0.4, 0.5) is 8.78 Å². The maximum atomic E-state index is 11.9. The Hall–Kier alpha value is -2.88. The molecule has 2 aromatic carbocycles. The van der Waals surface area contributed by atoms with Gasteiger partial charge in [0.15, 0.2) is 5.78 Å². The molecule has 198 valence electrons. The highest BCUT2D eigenvalue weighted by Crippen LogP contribution is 2.21. The van der Waals surface area contributed by atoms with Crippen molar-refractivity contribution in [1.29, 1.82) is 0 Å². The lowest BCUT2D eigenvalue weighted by atomic mass is 9.94. The Morgan fingerprint density at radius 3 is 1.86 bits per heavy atom. The van der Waals surface area contributed by atoms with Crippen LogP contribution in [0.25, 0.3) is 11.1 Å². The highest BCUT2D eigenvalue weighted by Gasteiger charge is 2.21. The van der Waals surface area contributed by atoms with Gasteiger partial charge in [0.2, 0.25) is 5.92 Å². The van der Waals surface area contributed by atoms with E-state index in [1.165, 1.54) is 30.5 Å². The Labute approximate surface area is 216 Å². The van der Waals surface area contributed by atoms with Crippen LogP contribution in [-0.2, 0) is 11.2 Å². The van der Waals surface area contributed by atoms with Crippen molar-refractivity contribution in [3.8, 4) is 0 Å². The first-order valence-corrected chi connectivity index (χ1v) is 12.8. The van der Waals surface area contributed by atoms with Crippen LogP contribution in [0.3, 0.4) is 0 Å². The third kappa shape index (κ3) is 10.4. The topological polar surface area (TPSA) is 34.1 Å². The van der Waals surface area contributed by atoms with E-state index in [4.69, 9.17) is 0 Å². The number of carbonyl (C=O) groups is 2. The van der Waals surface area contributed by atoms with Crippen LogP contribution in [0, 0.1) is 6.92 Å². The van der Waals surface area contributed by atoms with Crippen molar-refractivity contribution in [2.24, 2.45) is 0 Å². The zero-order valence-corrected chi connectivity index (χ0v) is 23.6. The number of rotatable bonds is 8. The van der Waals surface area contributed by atoms with Gasteiger partial charge in [-0.1, -0.05) is 76.3 Å². The summed E-state index contributed by atoms with van der Waals surface area (Å²) < 4.78 is 23.8. The fraction of sp³-hybridized carbons (Fsp3) is 0.438. The van der Waals surface area contributed by atoms with Gasteiger partial charge >= 0.3 is 0 Å². The molecule has 0 bridgehead atoms. The summed E-state index contributed by atoms with van der Waals surface area (Å²) in [6, 6.07) is 12.2. The van der Waals surface area contributed by atoms with Crippen molar-refractivity contribution >= 4 is 22.7 Å². The lowest BCUT2D eigenvalue weighted by Gasteiger charge is -2.11. The Balaban J connectivity index is 0.00000117. The predicted octanol–water partition coefficient (Wildman–Crippen LogP) is 7.76. The second kappa shape index (κ2) is 16.0. The number of carbonyl (C=O) groups excluding carboxylic acids is 2. The standard InChI is InChI=1S/C25H28O2.C5H10F2.C2H6/c1-7-23(22-10-8-17(4)20(14-22)11-9-18(5)26)25-15-21(19(6)27)12-13-24(25)16(2)3;1-3-5(6,7)4-2;1-2/h7-8,10,12-15H,1,9,11H2,2-6H3;3-4H2,1-2H3;1-2H3/b25-23+;;. The van der Waals surface area contributed by atoms with Crippen LogP contribution in [0.15, 0.2) is 49.1 Å². The Kier molecular flexibility index (Phi) is 14.7. The van der Waals surface area contributed by atoms with Gasteiger partial charge in [-0.25, -0.2) is 8.78 Å². The van der Waals surface area contributed by atoms with E-state index in [1.54, 1.807) is 13.8 Å². The van der Waals surface area contributed by atoms with Crippen LogP contribution in [0.1, 0.15) is 102 Å². The molecule has 0 unspecified atom stereocenters. The van der Waals surface area contributed by atoms with Crippen molar-refractivity contribution in [3.05, 3.63) is 81.7 Å². The number of ketones is 2. The molecule has 0 N–H and O–H groups in total. The molecule has 2 rings (SSSR count). The van der Waals surface area contributed by atoms with Crippen molar-refractivity contribution in [3.63, 3.8) is 0 Å². The molecule has 36 heavy (non-hydrogen) atoms. The molecule has 2 aromatic rings. The number of hydrogen-bond acceptors (Lipinski definition) is 2. The van der Waals surface area contributed by atoms with Gasteiger partial charge in [0.1, 0.15) is 5.78 Å². The summed E-state index contributed by atoms with van der Waals surface area (Å²) in [7, 11) is 0. The van der Waals surface area contributed by atoms with Gasteiger partial charge in [-0.3, -0.25) is 4.79 Å². The largest absolute Gasteiger partial charge is 0.300 e. The van der Waals surface area contributed by atoms with E-state index in [1.807, 2.05) is 38.1 Å². The molecule has 0 aliphatic rings. The van der Waals surface area contributed by atoms with E-state index in [9.17, 15) is 18.4 Å². The van der Waals surface area contributed by atoms with Gasteiger partial charge in [0.25, 0.3) is 0 Å². The molecule has 0 fully saturated rings. The van der Waals surface area contributed by atoms with E-state index in [-0.39, 0.29) is 24.4 Å². The molecule has 0 saturated heterocycles. The monoisotopic (exact) mass is 498 g/mol. The molecule has 0 heterocycles. The second-order valence-corrected chi connectivity index (χ2v) is 8.84. The Bertz CT molecular complexity index is 1150. The molecule has 0 amide bonds. The molecule has 0 spiro atoms. The summed E-state index contributed by atoms with van der Waals surface area (Å²) in [5.74, 6) is -2.17. The zero-order valence-electron chi connectivity index (χ0n) is 23.6. The summed E-state index contributed by atoms with van der Waals surface area (Å²) in [6.07, 6.45) is 3.05. The van der Waals surface area contributed by atoms with Gasteiger partial charge in [-0.15, -0.1) is 0 Å². The van der Waals surface area contributed by atoms with E-state index in [2.05, 4.69) is 45.5 Å². The predicted molar refractivity (Wildman–Crippen MR) is 150 cm³/mol. The highest BCUT2D eigenvalue weighted by atomic mass is 19.3. The van der Waals surface area contributed by atoms with Crippen LogP contribution in [-0.4, -0.2) is 17.5 Å². The van der Waals surface area contributed by atoms with Crippen LogP contribution < -0.4 is 10.4 Å². The lowest BCUT2D eigenvalue weighted by Crippen LogP contribution is -2.29. The first-order valence-electron chi connectivity index (χ1n) is 12.8.